The van der Waals surface area contributed by atoms with Gasteiger partial charge in [-0.3, -0.25) is 9.36 Å². The summed E-state index contributed by atoms with van der Waals surface area (Å²) in [6.45, 7) is 8.18. The van der Waals surface area contributed by atoms with Gasteiger partial charge in [-0.25, -0.2) is 29.9 Å². The second-order valence-electron chi connectivity index (χ2n) is 23.0. The van der Waals surface area contributed by atoms with Gasteiger partial charge in [-0.1, -0.05) is 15.6 Å². The average molecular weight is 1470 g/mol. The summed E-state index contributed by atoms with van der Waals surface area (Å²) in [6.07, 6.45) is 24.5. The Hall–Kier alpha value is -7.52. The van der Waals surface area contributed by atoms with Crippen LogP contribution in [0, 0.1) is 7.14 Å². The van der Waals surface area contributed by atoms with Gasteiger partial charge < -0.3 is 41.0 Å². The molecule has 468 valence electrons. The zero-order valence-electron chi connectivity index (χ0n) is 49.9. The molecule has 0 bridgehead atoms. The minimum absolute atomic E-state index is 0.102. The molecule has 0 radical (unpaired) electrons. The molecule has 6 atom stereocenters. The Morgan fingerprint density at radius 2 is 0.989 bits per heavy atom. The lowest BCUT2D eigenvalue weighted by Crippen LogP contribution is -2.41. The molecule has 0 unspecified atom stereocenters. The van der Waals surface area contributed by atoms with Crippen molar-refractivity contribution >= 4 is 115 Å². The number of aromatic nitrogens is 22. The van der Waals surface area contributed by atoms with Gasteiger partial charge in [0.15, 0.2) is 50.9 Å². The van der Waals surface area contributed by atoms with Crippen molar-refractivity contribution in [1.29, 1.82) is 0 Å². The summed E-state index contributed by atoms with van der Waals surface area (Å²) in [5, 5.41) is 67.6. The highest BCUT2D eigenvalue weighted by molar-refractivity contribution is 14.1. The molecule has 0 aromatic carbocycles. The molecule has 4 fully saturated rings. The van der Waals surface area contributed by atoms with Crippen LogP contribution in [0.25, 0.3) is 62.1 Å². The van der Waals surface area contributed by atoms with Crippen LogP contribution in [0.4, 0.5) is 11.9 Å². The molecule has 3 saturated carbocycles. The number of nitrogens with two attached hydrogens (primary N) is 1. The van der Waals surface area contributed by atoms with Crippen molar-refractivity contribution in [3.05, 3.63) is 111 Å². The highest BCUT2D eigenvalue weighted by Gasteiger charge is 2.52. The van der Waals surface area contributed by atoms with Gasteiger partial charge in [0, 0.05) is 93.1 Å². The van der Waals surface area contributed by atoms with E-state index in [0.29, 0.717) is 69.3 Å². The number of halogens is 3. The number of aliphatic hydroxyl groups excluding tert-OH is 3. The molecule has 90 heavy (non-hydrogen) atoms. The largest absolute Gasteiger partial charge is 0.498 e. The number of nitrogens with zero attached hydrogens (tertiary/aromatic N) is 22. The number of nitrogens with one attached hydrogen (secondary N) is 2. The van der Waals surface area contributed by atoms with Crippen molar-refractivity contribution in [1.82, 2.24) is 109 Å². The van der Waals surface area contributed by atoms with Crippen LogP contribution >= 0.6 is 56.8 Å². The second kappa shape index (κ2) is 27.9. The van der Waals surface area contributed by atoms with Crippen molar-refractivity contribution in [2.45, 2.75) is 133 Å². The van der Waals surface area contributed by atoms with Crippen LogP contribution in [0.3, 0.4) is 0 Å². The van der Waals surface area contributed by atoms with Gasteiger partial charge in [0.2, 0.25) is 17.2 Å². The summed E-state index contributed by atoms with van der Waals surface area (Å²) in [5.74, 6) is 2.94. The number of rotatable bonds is 9. The average Bonchev–Trinajstić information content (AvgIpc) is 1.68. The predicted octanol–water partition coefficient (Wildman–Crippen LogP) is 5.31. The lowest BCUT2D eigenvalue weighted by atomic mass is 9.82. The first-order valence-corrected chi connectivity index (χ1v) is 31.5. The van der Waals surface area contributed by atoms with Crippen LogP contribution in [0.2, 0.25) is 5.28 Å². The molecule has 30 nitrogen and oxygen atoms in total. The monoisotopic (exact) mass is 1470 g/mol. The minimum atomic E-state index is -0.302. The Kier molecular flexibility index (Phi) is 19.9. The maximum Gasteiger partial charge on any atom is 0.498 e. The third-order valence-corrected chi connectivity index (χ3v) is 17.0. The number of anilines is 2. The van der Waals surface area contributed by atoms with Crippen LogP contribution in [0.15, 0.2) is 98.4 Å². The summed E-state index contributed by atoms with van der Waals surface area (Å²) in [5.41, 5.74) is 11.3. The zero-order chi connectivity index (χ0) is 63.3. The van der Waals surface area contributed by atoms with E-state index in [1.165, 1.54) is 10.9 Å². The highest BCUT2D eigenvalue weighted by Crippen LogP contribution is 2.36. The van der Waals surface area contributed by atoms with Gasteiger partial charge in [-0.2, -0.15) is 39.2 Å². The topological polar surface area (TPSA) is 373 Å². The van der Waals surface area contributed by atoms with E-state index in [4.69, 9.17) is 31.7 Å². The first kappa shape index (κ1) is 64.0. The zero-order valence-corrected chi connectivity index (χ0v) is 54.9. The van der Waals surface area contributed by atoms with E-state index < -0.39 is 0 Å². The molecule has 0 amide bonds. The molecule has 11 aromatic heterocycles. The van der Waals surface area contributed by atoms with E-state index in [1.807, 2.05) is 90.6 Å². The van der Waals surface area contributed by atoms with E-state index in [0.717, 1.165) is 75.1 Å². The smallest absolute Gasteiger partial charge is 0.399 e. The number of pyridine rings is 3. The molecule has 1 aliphatic heterocycles. The SMILES string of the molecule is Clc1ncc2nnn(-c3ccc(I)cn3)c2n1.Cn1cc(-c2ccc(-n3nnc4cnc(N[C@H]5CC[C@H](O)C5)nc43)nc2)cn1.Cn1cc(B2OC(C)(C)C(C)(C)O2)cn1.N[C@H]1CC[C@H](O)C1.O[C@H]1CC[C@H](Nc2ncc3nnn(-c4ccc(I)cn4)c3n2)C1. The molecule has 3 aliphatic carbocycles. The summed E-state index contributed by atoms with van der Waals surface area (Å²) in [6, 6.07) is 12.1. The van der Waals surface area contributed by atoms with Crippen molar-refractivity contribution < 1.29 is 24.6 Å². The second-order valence-corrected chi connectivity index (χ2v) is 25.8. The molecule has 4 aliphatic rings. The lowest BCUT2D eigenvalue weighted by Gasteiger charge is -2.32. The maximum atomic E-state index is 9.70. The molecular weight excluding hydrogens is 1400 g/mol. The summed E-state index contributed by atoms with van der Waals surface area (Å²) < 4.78 is 22.1. The van der Waals surface area contributed by atoms with Crippen LogP contribution < -0.4 is 21.8 Å². The van der Waals surface area contributed by atoms with Crippen LogP contribution in [0.1, 0.15) is 85.5 Å². The third-order valence-electron chi connectivity index (χ3n) is 15.6. The summed E-state index contributed by atoms with van der Waals surface area (Å²) in [4.78, 5) is 38.7. The Balaban J connectivity index is 0.000000122. The Morgan fingerprint density at radius 1 is 0.533 bits per heavy atom. The fourth-order valence-electron chi connectivity index (χ4n) is 10.1. The quantitative estimate of drug-likeness (QED) is 0.0606. The molecule has 34 heteroatoms. The van der Waals surface area contributed by atoms with E-state index >= 15 is 0 Å². The van der Waals surface area contributed by atoms with Crippen LogP contribution in [-0.4, -0.2) is 179 Å². The molecule has 0 spiro atoms. The minimum Gasteiger partial charge on any atom is -0.399 e. The lowest BCUT2D eigenvalue weighted by molar-refractivity contribution is 0.00578. The maximum absolute atomic E-state index is 9.70. The number of hydrogen-bond acceptors (Lipinski definition) is 25. The highest BCUT2D eigenvalue weighted by atomic mass is 127. The van der Waals surface area contributed by atoms with Gasteiger partial charge in [0.05, 0.1) is 54.3 Å². The molecule has 11 aromatic rings. The molecule has 15 rings (SSSR count). The van der Waals surface area contributed by atoms with Gasteiger partial charge in [-0.05, 0) is 179 Å². The van der Waals surface area contributed by atoms with Crippen molar-refractivity contribution in [2.24, 2.45) is 19.8 Å². The van der Waals surface area contributed by atoms with Crippen molar-refractivity contribution in [3.8, 4) is 28.6 Å². The predicted molar refractivity (Wildman–Crippen MR) is 351 cm³/mol. The number of fused-ring (bicyclic) bond motifs is 3. The Labute approximate surface area is 548 Å². The third kappa shape index (κ3) is 15.6. The molecule has 7 N–H and O–H groups in total. The summed E-state index contributed by atoms with van der Waals surface area (Å²) in [7, 11) is 3.46. The standard InChI is InChI=1S/C18H19N9O.C14H14IN7O.C10H17BN2O2.C9H4ClIN6.C5H11NO/c1-26-10-12(8-21-26)11-2-5-16(19-7-11)27-17-15(24-25-27)9-20-18(23-17)22-13-3-4-14(28)6-13;15-8-1-4-12(16-6-8)22-13-11(20-21-22)7-17-14(19-13)18-9-2-3-10(23)5-9;1-9(2)10(3,4)15-11(14-9)8-6-12-13(5)7-8;10-9-13-4-6-8(14-9)17(16-15-6)7-2-1-5(11)3-12-7;6-4-1-2-5(7)3-4/h2,5,7-10,13-14,28H,3-4,6H2,1H3,(H,20,22,23);1,4,6-7,9-10,23H,2-3,5H2,(H,17,18,19);6-7H,1-5H3;1-4H;4-5,7H,1-3,6H2/t13-,14-;9-,10-;;;4-,5-/m00..0/s1. The van der Waals surface area contributed by atoms with E-state index in [2.05, 4.69) is 142 Å². The Morgan fingerprint density at radius 3 is 1.38 bits per heavy atom. The molecule has 12 heterocycles. The normalized spacial score (nSPS) is 20.6. The molecular formula is C56H65BClI2N25O5. The fourth-order valence-corrected chi connectivity index (χ4v) is 10.8. The first-order chi connectivity index (χ1) is 43.2. The van der Waals surface area contributed by atoms with E-state index in [1.54, 1.807) is 62.1 Å². The fraction of sp³-hybridized carbons (Fsp3) is 0.411. The molecule has 1 saturated heterocycles. The van der Waals surface area contributed by atoms with E-state index in [9.17, 15) is 10.2 Å². The van der Waals surface area contributed by atoms with Gasteiger partial charge >= 0.3 is 7.12 Å². The van der Waals surface area contributed by atoms with Gasteiger partial charge in [-0.15, -0.1) is 15.3 Å². The number of aliphatic hydroxyl groups is 3. The summed E-state index contributed by atoms with van der Waals surface area (Å²) >= 11 is 10.1. The van der Waals surface area contributed by atoms with Crippen LogP contribution in [0.5, 0.6) is 0 Å². The number of aryl methyl sites for hydroxylation is 2. The van der Waals surface area contributed by atoms with Crippen molar-refractivity contribution in [3.63, 3.8) is 0 Å². The number of hydrogen-bond donors (Lipinski definition) is 6. The Bertz CT molecular complexity index is 4170. The van der Waals surface area contributed by atoms with E-state index in [-0.39, 0.29) is 60.0 Å². The first-order valence-electron chi connectivity index (χ1n) is 29.0. The van der Waals surface area contributed by atoms with Gasteiger partial charge in [0.25, 0.3) is 0 Å². The van der Waals surface area contributed by atoms with Crippen LogP contribution in [-0.2, 0) is 23.4 Å². The van der Waals surface area contributed by atoms with Crippen molar-refractivity contribution in [2.75, 3.05) is 10.6 Å². The van der Waals surface area contributed by atoms with Gasteiger partial charge in [0.1, 0.15) is 0 Å².